The molecule has 0 heterocycles. The molecule has 2 aromatic carbocycles. The van der Waals surface area contributed by atoms with Gasteiger partial charge < -0.3 is 5.32 Å². The molecule has 0 saturated carbocycles. The van der Waals surface area contributed by atoms with Crippen molar-refractivity contribution in [3.05, 3.63) is 60.2 Å². The lowest BCUT2D eigenvalue weighted by Crippen LogP contribution is -2.30. The molecule has 2 rings (SSSR count). The van der Waals surface area contributed by atoms with Gasteiger partial charge >= 0.3 is 0 Å². The molecule has 0 aliphatic carbocycles. The molecule has 0 aliphatic rings. The normalized spacial score (nSPS) is 13.2. The number of hydrogen-bond donors (Lipinski definition) is 1. The molecule has 1 N–H and O–H groups in total. The summed E-state index contributed by atoms with van der Waals surface area (Å²) >= 11 is 0. The van der Waals surface area contributed by atoms with Gasteiger partial charge in [0, 0.05) is 26.3 Å². The number of carbonyl (C=O) groups is 1. The van der Waals surface area contributed by atoms with Gasteiger partial charge in [0.25, 0.3) is 0 Å². The van der Waals surface area contributed by atoms with E-state index < -0.39 is 19.9 Å². The fraction of sp³-hybridized carbons (Fsp3) is 0.350. The van der Waals surface area contributed by atoms with Crippen molar-refractivity contribution in [3.8, 4) is 0 Å². The van der Waals surface area contributed by atoms with E-state index in [1.165, 1.54) is 35.6 Å². The lowest BCUT2D eigenvalue weighted by Gasteiger charge is -2.18. The van der Waals surface area contributed by atoms with Crippen molar-refractivity contribution in [2.24, 2.45) is 0 Å². The van der Waals surface area contributed by atoms with Crippen LogP contribution in [0.2, 0.25) is 0 Å². The molecule has 0 fully saturated rings. The van der Waals surface area contributed by atoms with E-state index >= 15 is 0 Å². The molecule has 7 nitrogen and oxygen atoms in total. The molecular formula is C20H26N2O5S2. The van der Waals surface area contributed by atoms with Gasteiger partial charge in [0.2, 0.25) is 15.9 Å². The Hall–Kier alpha value is -2.23. The van der Waals surface area contributed by atoms with Crippen LogP contribution in [0.25, 0.3) is 0 Å². The van der Waals surface area contributed by atoms with Gasteiger partial charge in [0.1, 0.15) is 0 Å². The maximum absolute atomic E-state index is 12.5. The van der Waals surface area contributed by atoms with E-state index in [1.807, 2.05) is 0 Å². The zero-order chi connectivity index (χ0) is 21.7. The lowest BCUT2D eigenvalue weighted by molar-refractivity contribution is -0.121. The summed E-state index contributed by atoms with van der Waals surface area (Å²) in [4.78, 5) is 12.6. The molecule has 0 spiro atoms. The summed E-state index contributed by atoms with van der Waals surface area (Å²) in [5.74, 6) is -0.199. The monoisotopic (exact) mass is 438 g/mol. The van der Waals surface area contributed by atoms with Gasteiger partial charge in [-0.3, -0.25) is 4.79 Å². The number of amides is 1. The van der Waals surface area contributed by atoms with E-state index in [-0.39, 0.29) is 34.7 Å². The van der Waals surface area contributed by atoms with Crippen LogP contribution in [0, 0.1) is 0 Å². The minimum Gasteiger partial charge on any atom is -0.350 e. The number of nitrogens with one attached hydrogen (secondary N) is 1. The summed E-state index contributed by atoms with van der Waals surface area (Å²) < 4.78 is 49.2. The summed E-state index contributed by atoms with van der Waals surface area (Å²) in [6.45, 7) is 2.03. The highest BCUT2D eigenvalue weighted by molar-refractivity contribution is 7.90. The Kier molecular flexibility index (Phi) is 7.56. The molecule has 158 valence electrons. The minimum atomic E-state index is -3.57. The van der Waals surface area contributed by atoms with E-state index in [0.29, 0.717) is 6.42 Å². The van der Waals surface area contributed by atoms with Gasteiger partial charge in [-0.2, -0.15) is 0 Å². The van der Waals surface area contributed by atoms with Crippen LogP contribution in [0.15, 0.2) is 64.4 Å². The van der Waals surface area contributed by atoms with Crippen molar-refractivity contribution < 1.29 is 21.6 Å². The van der Waals surface area contributed by atoms with E-state index in [4.69, 9.17) is 0 Å². The fourth-order valence-electron chi connectivity index (χ4n) is 2.76. The first-order valence-electron chi connectivity index (χ1n) is 9.12. The molecule has 0 aliphatic heterocycles. The fourth-order valence-corrected chi connectivity index (χ4v) is 4.62. The summed E-state index contributed by atoms with van der Waals surface area (Å²) in [5, 5.41) is 2.84. The predicted molar refractivity (Wildman–Crippen MR) is 112 cm³/mol. The zero-order valence-electron chi connectivity index (χ0n) is 16.7. The highest BCUT2D eigenvalue weighted by atomic mass is 32.2. The maximum atomic E-state index is 12.5. The summed E-state index contributed by atoms with van der Waals surface area (Å²) in [6.07, 6.45) is 1.71. The van der Waals surface area contributed by atoms with Crippen molar-refractivity contribution >= 4 is 25.8 Å². The van der Waals surface area contributed by atoms with Crippen LogP contribution in [0.1, 0.15) is 31.4 Å². The largest absolute Gasteiger partial charge is 0.350 e. The molecule has 0 bridgehead atoms. The van der Waals surface area contributed by atoms with Crippen molar-refractivity contribution in [1.29, 1.82) is 0 Å². The van der Waals surface area contributed by atoms with Crippen molar-refractivity contribution in [1.82, 2.24) is 9.62 Å². The Labute approximate surface area is 172 Å². The average Bonchev–Trinajstić information content (AvgIpc) is 2.68. The predicted octanol–water partition coefficient (Wildman–Crippen LogP) is 2.37. The lowest BCUT2D eigenvalue weighted by atomic mass is 10.1. The number of hydrogen-bond acceptors (Lipinski definition) is 5. The SMILES string of the molecule is C[C@H](NC(=O)CCCN(C)S(=O)(=O)c1ccccc1)c1ccc(S(C)(=O)=O)cc1. The third kappa shape index (κ3) is 6.38. The van der Waals surface area contributed by atoms with Crippen LogP contribution in [0.3, 0.4) is 0 Å². The number of nitrogens with zero attached hydrogens (tertiary/aromatic N) is 1. The highest BCUT2D eigenvalue weighted by Gasteiger charge is 2.20. The third-order valence-electron chi connectivity index (χ3n) is 4.51. The molecule has 2 aromatic rings. The van der Waals surface area contributed by atoms with Crippen molar-refractivity contribution in [3.63, 3.8) is 0 Å². The molecule has 9 heteroatoms. The van der Waals surface area contributed by atoms with Gasteiger partial charge in [0.05, 0.1) is 15.8 Å². The second-order valence-corrected chi connectivity index (χ2v) is 10.9. The van der Waals surface area contributed by atoms with E-state index in [0.717, 1.165) is 11.8 Å². The first-order valence-corrected chi connectivity index (χ1v) is 12.5. The second kappa shape index (κ2) is 9.51. The Balaban J connectivity index is 1.85. The topological polar surface area (TPSA) is 101 Å². The third-order valence-corrected chi connectivity index (χ3v) is 7.51. The Bertz CT molecular complexity index is 1030. The van der Waals surface area contributed by atoms with Gasteiger partial charge in [-0.05, 0) is 43.2 Å². The number of benzene rings is 2. The maximum Gasteiger partial charge on any atom is 0.242 e. The van der Waals surface area contributed by atoms with E-state index in [2.05, 4.69) is 5.32 Å². The molecule has 0 radical (unpaired) electrons. The first kappa shape index (κ1) is 23.1. The van der Waals surface area contributed by atoms with E-state index in [9.17, 15) is 21.6 Å². The van der Waals surface area contributed by atoms with Crippen LogP contribution in [0.5, 0.6) is 0 Å². The summed E-state index contributed by atoms with van der Waals surface area (Å²) in [6, 6.07) is 14.2. The van der Waals surface area contributed by atoms with Crippen molar-refractivity contribution in [2.45, 2.75) is 35.6 Å². The number of rotatable bonds is 9. The highest BCUT2D eigenvalue weighted by Crippen LogP contribution is 2.17. The summed E-state index contributed by atoms with van der Waals surface area (Å²) in [7, 11) is -5.34. The molecule has 0 unspecified atom stereocenters. The molecular weight excluding hydrogens is 412 g/mol. The van der Waals surface area contributed by atoms with Crippen LogP contribution in [-0.4, -0.2) is 46.9 Å². The molecule has 1 atom stereocenters. The van der Waals surface area contributed by atoms with Gasteiger partial charge in [-0.15, -0.1) is 0 Å². The quantitative estimate of drug-likeness (QED) is 0.648. The van der Waals surface area contributed by atoms with Crippen LogP contribution >= 0.6 is 0 Å². The molecule has 29 heavy (non-hydrogen) atoms. The Morgan fingerprint density at radius 3 is 2.10 bits per heavy atom. The number of carbonyl (C=O) groups excluding carboxylic acids is 1. The van der Waals surface area contributed by atoms with Crippen LogP contribution in [-0.2, 0) is 24.7 Å². The van der Waals surface area contributed by atoms with E-state index in [1.54, 1.807) is 37.3 Å². The summed E-state index contributed by atoms with van der Waals surface area (Å²) in [5.41, 5.74) is 0.787. The Morgan fingerprint density at radius 2 is 1.55 bits per heavy atom. The zero-order valence-corrected chi connectivity index (χ0v) is 18.3. The standard InChI is InChI=1S/C20H26N2O5S2/c1-16(17-11-13-18(14-12-17)28(3,24)25)21-20(23)10-7-15-22(2)29(26,27)19-8-5-4-6-9-19/h4-6,8-9,11-14,16H,7,10,15H2,1-3H3,(H,21,23)/t16-/m0/s1. The number of sulfone groups is 1. The van der Waals surface area contributed by atoms with Crippen LogP contribution < -0.4 is 5.32 Å². The van der Waals surface area contributed by atoms with Crippen LogP contribution in [0.4, 0.5) is 0 Å². The minimum absolute atomic E-state index is 0.181. The first-order chi connectivity index (χ1) is 13.5. The smallest absolute Gasteiger partial charge is 0.242 e. The van der Waals surface area contributed by atoms with Crippen molar-refractivity contribution in [2.75, 3.05) is 19.8 Å². The molecule has 0 saturated heterocycles. The van der Waals surface area contributed by atoms with Gasteiger partial charge in [-0.25, -0.2) is 21.1 Å². The van der Waals surface area contributed by atoms with Gasteiger partial charge in [0.15, 0.2) is 9.84 Å². The molecule has 1 amide bonds. The number of sulfonamides is 1. The Morgan fingerprint density at radius 1 is 0.966 bits per heavy atom. The van der Waals surface area contributed by atoms with Gasteiger partial charge in [-0.1, -0.05) is 30.3 Å². The molecule has 0 aromatic heterocycles. The average molecular weight is 439 g/mol. The second-order valence-electron chi connectivity index (χ2n) is 6.87.